The zero-order valence-corrected chi connectivity index (χ0v) is 47.2. The lowest BCUT2D eigenvalue weighted by Gasteiger charge is -2.56. The Balaban J connectivity index is 0.000000166. The molecule has 6 aliphatic heterocycles. The van der Waals surface area contributed by atoms with Gasteiger partial charge in [0.25, 0.3) is 0 Å². The van der Waals surface area contributed by atoms with Gasteiger partial charge in [-0.2, -0.15) is 20.7 Å². The van der Waals surface area contributed by atoms with E-state index < -0.39 is 22.7 Å². The van der Waals surface area contributed by atoms with Gasteiger partial charge in [0, 0.05) is 133 Å². The minimum atomic E-state index is -0.632. The number of piperazine rings is 2. The number of aromatic nitrogens is 8. The number of anilines is 2. The van der Waals surface area contributed by atoms with Crippen LogP contribution in [0.25, 0.3) is 33.3 Å². The number of nitrogens with zero attached hydrogens (tertiary/aromatic N) is 14. The van der Waals surface area contributed by atoms with E-state index in [1.165, 1.54) is 26.4 Å². The number of terminal acetylenes is 1. The molecule has 0 spiro atoms. The second-order valence-corrected chi connectivity index (χ2v) is 22.6. The standard InChI is InChI=1S/C30H29FN8O.C25H21BrFN7O.C5H9N/c1-30(2,33)7-6-19-8-25(28-22(11-32)14-36-39(28)16-19)21-4-5-27(34-13-21)37-17-23-10-24(18-37)38(23)15-20-9-26(31)29(40-3)35-12-20;1-35-25-22(27)4-15(8-30-25)11-33-19-6-20(33)14-32(13-19)23-3-2-16(9-29-23)21-5-18(26)12-34-24(21)17(7-28)10-31-34;1-4-5(2,3)6/h4-5,8-9,12-14,16,23-24H,10,15,17-18,33H2,1-3H3;2-5,8-10,12,19-20H,6,11,13-14H2,1H3;1H,6H2,2-3H3. The molecule has 8 aromatic rings. The zero-order valence-electron chi connectivity index (χ0n) is 45.6. The summed E-state index contributed by atoms with van der Waals surface area (Å²) in [5, 5.41) is 27.8. The van der Waals surface area contributed by atoms with E-state index in [1.54, 1.807) is 47.7 Å². The largest absolute Gasteiger partial charge is 0.479 e. The predicted molar refractivity (Wildman–Crippen MR) is 308 cm³/mol. The Morgan fingerprint density at radius 1 is 0.642 bits per heavy atom. The van der Waals surface area contributed by atoms with Gasteiger partial charge in [-0.05, 0) is 116 Å². The van der Waals surface area contributed by atoms with Crippen LogP contribution >= 0.6 is 15.9 Å². The van der Waals surface area contributed by atoms with Crippen LogP contribution in [0.5, 0.6) is 11.8 Å². The van der Waals surface area contributed by atoms with Crippen molar-refractivity contribution in [1.82, 2.24) is 49.0 Å². The van der Waals surface area contributed by atoms with Crippen LogP contribution in [0.1, 0.15) is 68.4 Å². The number of halogens is 3. The maximum absolute atomic E-state index is 14.1. The number of nitrogens with two attached hydrogens (primary N) is 2. The van der Waals surface area contributed by atoms with Crippen molar-refractivity contribution in [3.63, 3.8) is 0 Å². The van der Waals surface area contributed by atoms with Crippen LogP contribution in [0.2, 0.25) is 0 Å². The molecule has 4 unspecified atom stereocenters. The number of hydrogen-bond acceptors (Lipinski definition) is 16. The van der Waals surface area contributed by atoms with E-state index >= 15 is 0 Å². The Bertz CT molecular complexity index is 3820. The van der Waals surface area contributed by atoms with E-state index in [1.807, 2.05) is 75.0 Å². The van der Waals surface area contributed by atoms with Gasteiger partial charge < -0.3 is 30.7 Å². The van der Waals surface area contributed by atoms with Crippen LogP contribution in [-0.4, -0.2) is 125 Å². The molecule has 4 N–H and O–H groups in total. The van der Waals surface area contributed by atoms with Gasteiger partial charge >= 0.3 is 0 Å². The summed E-state index contributed by atoms with van der Waals surface area (Å²) in [4.78, 5) is 27.1. The first kappa shape index (κ1) is 55.8. The molecule has 18 nitrogen and oxygen atoms in total. The number of rotatable bonds is 10. The van der Waals surface area contributed by atoms with Gasteiger partial charge in [-0.3, -0.25) is 9.80 Å². The summed E-state index contributed by atoms with van der Waals surface area (Å²) in [5.74, 6) is 9.59. The Morgan fingerprint density at radius 2 is 1.09 bits per heavy atom. The fourth-order valence-electron chi connectivity index (χ4n) is 10.7. The van der Waals surface area contributed by atoms with Crippen molar-refractivity contribution in [2.24, 2.45) is 11.5 Å². The van der Waals surface area contributed by atoms with Gasteiger partial charge in [-0.1, -0.05) is 17.8 Å². The number of fused-ring (bicyclic) bond motifs is 6. The fraction of sp³-hybridized carbons (Fsp3) is 0.333. The topological polar surface area (TPSA) is 217 Å². The minimum Gasteiger partial charge on any atom is -0.479 e. The molecule has 14 rings (SSSR count). The normalized spacial score (nSPS) is 18.3. The molecule has 0 saturated carbocycles. The predicted octanol–water partition coefficient (Wildman–Crippen LogP) is 7.76. The van der Waals surface area contributed by atoms with Crippen LogP contribution in [0, 0.1) is 58.5 Å². The Kier molecular flexibility index (Phi) is 15.8. The van der Waals surface area contributed by atoms with Crippen molar-refractivity contribution >= 4 is 38.6 Å². The zero-order chi connectivity index (χ0) is 57.3. The number of piperidine rings is 2. The van der Waals surface area contributed by atoms with Gasteiger partial charge in [0.15, 0.2) is 11.6 Å². The minimum absolute atomic E-state index is 0.0187. The molecule has 0 aliphatic carbocycles. The smallest absolute Gasteiger partial charge is 0.250 e. The Labute approximate surface area is 477 Å². The number of ether oxygens (including phenoxy) is 2. The summed E-state index contributed by atoms with van der Waals surface area (Å²) in [5.41, 5.74) is 18.8. The second kappa shape index (κ2) is 22.9. The maximum atomic E-state index is 14.1. The average Bonchev–Trinajstić information content (AvgIpc) is 4.12. The highest BCUT2D eigenvalue weighted by atomic mass is 79.9. The van der Waals surface area contributed by atoms with Crippen LogP contribution in [-0.2, 0) is 13.1 Å². The lowest BCUT2D eigenvalue weighted by atomic mass is 9.87. The van der Waals surface area contributed by atoms with Crippen molar-refractivity contribution in [3.05, 3.63) is 142 Å². The van der Waals surface area contributed by atoms with Crippen molar-refractivity contribution < 1.29 is 18.3 Å². The van der Waals surface area contributed by atoms with E-state index in [0.717, 1.165) is 99.6 Å². The van der Waals surface area contributed by atoms with Crippen LogP contribution in [0.15, 0.2) is 103 Å². The number of hydrogen-bond donors (Lipinski definition) is 2. The summed E-state index contributed by atoms with van der Waals surface area (Å²) in [6, 6.07) is 21.1. The summed E-state index contributed by atoms with van der Waals surface area (Å²) in [6.45, 7) is 12.0. The highest BCUT2D eigenvalue weighted by molar-refractivity contribution is 9.10. The third-order valence-electron chi connectivity index (χ3n) is 14.6. The Morgan fingerprint density at radius 3 is 1.47 bits per heavy atom. The molecule has 4 bridgehead atoms. The first-order chi connectivity index (χ1) is 38.8. The van der Waals surface area contributed by atoms with Gasteiger partial charge in [0.1, 0.15) is 23.8 Å². The monoisotopic (exact) mass is 1150 g/mol. The molecular weight excluding hydrogens is 1090 g/mol. The lowest BCUT2D eigenvalue weighted by molar-refractivity contribution is -0.00886. The number of pyridine rings is 6. The van der Waals surface area contributed by atoms with Crippen molar-refractivity contribution in [2.75, 3.05) is 50.2 Å². The van der Waals surface area contributed by atoms with E-state index in [0.29, 0.717) is 53.9 Å². The van der Waals surface area contributed by atoms with E-state index in [2.05, 4.69) is 85.6 Å². The number of methoxy groups -OCH3 is 2. The van der Waals surface area contributed by atoms with E-state index in [4.69, 9.17) is 37.3 Å². The molecule has 6 aliphatic rings. The molecule has 6 fully saturated rings. The lowest BCUT2D eigenvalue weighted by Crippen LogP contribution is -2.68. The van der Waals surface area contributed by atoms with Crippen molar-refractivity contribution in [2.45, 2.75) is 88.9 Å². The van der Waals surface area contributed by atoms with Gasteiger partial charge in [0.2, 0.25) is 11.8 Å². The summed E-state index contributed by atoms with van der Waals surface area (Å²) in [7, 11) is 2.83. The van der Waals surface area contributed by atoms with Crippen LogP contribution in [0.3, 0.4) is 0 Å². The average molecular weight is 1150 g/mol. The molecule has 8 aromatic heterocycles. The summed E-state index contributed by atoms with van der Waals surface area (Å²) >= 11 is 3.53. The highest BCUT2D eigenvalue weighted by Gasteiger charge is 2.46. The third-order valence-corrected chi connectivity index (χ3v) is 15.1. The van der Waals surface area contributed by atoms with Crippen molar-refractivity contribution in [1.29, 1.82) is 10.5 Å². The molecule has 412 valence electrons. The summed E-state index contributed by atoms with van der Waals surface area (Å²) in [6.07, 6.45) is 21.0. The van der Waals surface area contributed by atoms with Crippen molar-refractivity contribution in [3.8, 4) is 70.3 Å². The van der Waals surface area contributed by atoms with Gasteiger partial charge in [-0.25, -0.2) is 37.7 Å². The van der Waals surface area contributed by atoms with Gasteiger partial charge in [0.05, 0.1) is 59.9 Å². The quantitative estimate of drug-likeness (QED) is 0.125. The second-order valence-electron chi connectivity index (χ2n) is 21.7. The first-order valence-corrected chi connectivity index (χ1v) is 27.0. The molecule has 0 radical (unpaired) electrons. The molecule has 14 heterocycles. The van der Waals surface area contributed by atoms with Gasteiger partial charge in [-0.15, -0.1) is 6.42 Å². The molecule has 4 atom stereocenters. The molecule has 81 heavy (non-hydrogen) atoms. The molecule has 0 amide bonds. The molecule has 21 heteroatoms. The molecule has 0 aromatic carbocycles. The molecule has 6 saturated heterocycles. The first-order valence-electron chi connectivity index (χ1n) is 26.2. The Hall–Kier alpha value is -8.54. The maximum Gasteiger partial charge on any atom is 0.250 e. The highest BCUT2D eigenvalue weighted by Crippen LogP contribution is 2.39. The third kappa shape index (κ3) is 12.1. The van der Waals surface area contributed by atoms with E-state index in [-0.39, 0.29) is 11.8 Å². The van der Waals surface area contributed by atoms with Crippen LogP contribution < -0.4 is 30.7 Å². The molecular formula is C60H59BrF2N16O2. The SMILES string of the molecule is C#CC(C)(C)N.COc1ncc(CN2C3CC2CN(c2ccc(-c4cc(Br)cn5ncc(C#N)c45)cn2)C3)cc1F.COc1ncc(CN2C3CC2CN(c2ccc(-c4cc(C#CC(C)(C)N)cn5ncc(C#N)c45)cn2)C3)cc1F. The number of nitriles is 2. The van der Waals surface area contributed by atoms with E-state index in [9.17, 15) is 19.3 Å². The fourth-order valence-corrected chi connectivity index (χ4v) is 11.1. The van der Waals surface area contributed by atoms with Crippen LogP contribution in [0.4, 0.5) is 20.4 Å². The summed E-state index contributed by atoms with van der Waals surface area (Å²) < 4.78 is 42.3.